The first-order valence-electron chi connectivity index (χ1n) is 4.23. The van der Waals surface area contributed by atoms with E-state index in [4.69, 9.17) is 11.6 Å². The molecule has 0 radical (unpaired) electrons. The van der Waals surface area contributed by atoms with Gasteiger partial charge < -0.3 is 0 Å². The fourth-order valence-corrected chi connectivity index (χ4v) is 1.21. The number of ketones is 1. The molecule has 0 aliphatic carbocycles. The van der Waals surface area contributed by atoms with Gasteiger partial charge in [-0.05, 0) is 18.6 Å². The second-order valence-electron chi connectivity index (χ2n) is 3.22. The van der Waals surface area contributed by atoms with Crippen LogP contribution in [0.5, 0.6) is 0 Å². The molecule has 1 nitrogen and oxygen atoms in total. The first kappa shape index (κ1) is 13.0. The van der Waals surface area contributed by atoms with E-state index >= 15 is 0 Å². The van der Waals surface area contributed by atoms with E-state index in [1.807, 2.05) is 0 Å². The summed E-state index contributed by atoms with van der Waals surface area (Å²) in [7, 11) is 0. The van der Waals surface area contributed by atoms with Crippen LogP contribution < -0.4 is 0 Å². The Labute approximate surface area is 94.0 Å². The van der Waals surface area contributed by atoms with Gasteiger partial charge in [0.25, 0.3) is 0 Å². The second kappa shape index (κ2) is 4.41. The molecule has 0 unspecified atom stereocenters. The SMILES string of the molecule is Cc1ccc(C(=O)C(F)(F)C(F)F)cc1Cl. The fourth-order valence-electron chi connectivity index (χ4n) is 1.03. The van der Waals surface area contributed by atoms with E-state index in [2.05, 4.69) is 0 Å². The molecule has 1 aromatic carbocycles. The fraction of sp³-hybridized carbons (Fsp3) is 0.300. The third-order valence-electron chi connectivity index (χ3n) is 2.01. The van der Waals surface area contributed by atoms with Crippen molar-refractivity contribution in [3.8, 4) is 0 Å². The summed E-state index contributed by atoms with van der Waals surface area (Å²) in [4.78, 5) is 11.1. The lowest BCUT2D eigenvalue weighted by Gasteiger charge is -2.14. The first-order chi connectivity index (χ1) is 7.26. The molecule has 1 rings (SSSR count). The van der Waals surface area contributed by atoms with Gasteiger partial charge in [0.2, 0.25) is 5.78 Å². The first-order valence-corrected chi connectivity index (χ1v) is 4.61. The molecule has 0 bridgehead atoms. The number of halogens is 5. The summed E-state index contributed by atoms with van der Waals surface area (Å²) in [5, 5.41) is 0.0796. The van der Waals surface area contributed by atoms with E-state index in [1.54, 1.807) is 6.92 Å². The maximum atomic E-state index is 12.7. The maximum Gasteiger partial charge on any atom is 0.368 e. The van der Waals surface area contributed by atoms with E-state index in [1.165, 1.54) is 6.07 Å². The number of aryl methyl sites for hydroxylation is 1. The highest BCUT2D eigenvalue weighted by atomic mass is 35.5. The highest BCUT2D eigenvalue weighted by Gasteiger charge is 2.49. The van der Waals surface area contributed by atoms with Gasteiger partial charge in [0.1, 0.15) is 0 Å². The van der Waals surface area contributed by atoms with Gasteiger partial charge in [0, 0.05) is 10.6 Å². The molecule has 0 saturated heterocycles. The Morgan fingerprint density at radius 2 is 1.94 bits per heavy atom. The van der Waals surface area contributed by atoms with Gasteiger partial charge in [-0.15, -0.1) is 0 Å². The highest BCUT2D eigenvalue weighted by molar-refractivity contribution is 6.31. The number of Topliss-reactive ketones (excluding diaryl/α,β-unsaturated/α-hetero) is 1. The number of carbonyl (C=O) groups excluding carboxylic acids is 1. The second-order valence-corrected chi connectivity index (χ2v) is 3.62. The van der Waals surface area contributed by atoms with Crippen LogP contribution in [0.4, 0.5) is 17.6 Å². The minimum Gasteiger partial charge on any atom is -0.287 e. The average molecular weight is 255 g/mol. The van der Waals surface area contributed by atoms with Crippen molar-refractivity contribution in [2.24, 2.45) is 0 Å². The van der Waals surface area contributed by atoms with Crippen LogP contribution in [0.2, 0.25) is 5.02 Å². The Morgan fingerprint density at radius 1 is 1.38 bits per heavy atom. The third-order valence-corrected chi connectivity index (χ3v) is 2.42. The lowest BCUT2D eigenvalue weighted by atomic mass is 10.0. The van der Waals surface area contributed by atoms with Gasteiger partial charge >= 0.3 is 12.3 Å². The van der Waals surface area contributed by atoms with Crippen LogP contribution in [0, 0.1) is 6.92 Å². The monoisotopic (exact) mass is 254 g/mol. The lowest BCUT2D eigenvalue weighted by Crippen LogP contribution is -2.36. The zero-order chi connectivity index (χ0) is 12.5. The molecule has 0 spiro atoms. The van der Waals surface area contributed by atoms with Crippen molar-refractivity contribution in [3.05, 3.63) is 34.3 Å². The molecule has 1 aromatic rings. The standard InChI is InChI=1S/C10H7ClF4O/c1-5-2-3-6(4-7(5)11)8(16)10(14,15)9(12)13/h2-4,9H,1H3. The average Bonchev–Trinajstić information content (AvgIpc) is 2.20. The van der Waals surface area contributed by atoms with E-state index in [-0.39, 0.29) is 5.02 Å². The van der Waals surface area contributed by atoms with Gasteiger partial charge in [-0.1, -0.05) is 23.7 Å². The molecule has 0 N–H and O–H groups in total. The van der Waals surface area contributed by atoms with E-state index in [0.29, 0.717) is 5.56 Å². The predicted octanol–water partition coefficient (Wildman–Crippen LogP) is 3.73. The number of hydrogen-bond acceptors (Lipinski definition) is 1. The molecule has 0 atom stereocenters. The number of alkyl halides is 4. The summed E-state index contributed by atoms with van der Waals surface area (Å²) in [6.45, 7) is 1.60. The van der Waals surface area contributed by atoms with Gasteiger partial charge in [-0.3, -0.25) is 4.79 Å². The van der Waals surface area contributed by atoms with Crippen LogP contribution in [0.1, 0.15) is 15.9 Å². The summed E-state index contributed by atoms with van der Waals surface area (Å²) in [5.74, 6) is -6.61. The molecule has 0 aliphatic heterocycles. The van der Waals surface area contributed by atoms with Gasteiger partial charge in [-0.25, -0.2) is 8.78 Å². The quantitative estimate of drug-likeness (QED) is 0.593. The molecular weight excluding hydrogens is 248 g/mol. The Kier molecular flexibility index (Phi) is 3.57. The van der Waals surface area contributed by atoms with Crippen LogP contribution in [-0.4, -0.2) is 18.1 Å². The smallest absolute Gasteiger partial charge is 0.287 e. The zero-order valence-electron chi connectivity index (χ0n) is 8.11. The molecular formula is C10H7ClF4O. The highest BCUT2D eigenvalue weighted by Crippen LogP contribution is 2.28. The van der Waals surface area contributed by atoms with Crippen LogP contribution in [-0.2, 0) is 0 Å². The van der Waals surface area contributed by atoms with Crippen molar-refractivity contribution in [3.63, 3.8) is 0 Å². The van der Waals surface area contributed by atoms with Crippen molar-refractivity contribution >= 4 is 17.4 Å². The van der Waals surface area contributed by atoms with Crippen molar-refractivity contribution in [1.82, 2.24) is 0 Å². The van der Waals surface area contributed by atoms with E-state index in [0.717, 1.165) is 12.1 Å². The number of benzene rings is 1. The number of hydrogen-bond donors (Lipinski definition) is 0. The minimum atomic E-state index is -4.68. The maximum absolute atomic E-state index is 12.7. The van der Waals surface area contributed by atoms with Crippen molar-refractivity contribution < 1.29 is 22.4 Å². The topological polar surface area (TPSA) is 17.1 Å². The van der Waals surface area contributed by atoms with E-state index < -0.39 is 23.7 Å². The van der Waals surface area contributed by atoms with Crippen LogP contribution >= 0.6 is 11.6 Å². The van der Waals surface area contributed by atoms with Crippen LogP contribution in [0.3, 0.4) is 0 Å². The third kappa shape index (κ3) is 2.35. The van der Waals surface area contributed by atoms with Crippen molar-refractivity contribution in [1.29, 1.82) is 0 Å². The minimum absolute atomic E-state index is 0.0796. The summed E-state index contributed by atoms with van der Waals surface area (Å²) in [5.41, 5.74) is 0.0412. The normalized spacial score (nSPS) is 11.9. The summed E-state index contributed by atoms with van der Waals surface area (Å²) >= 11 is 5.60. The lowest BCUT2D eigenvalue weighted by molar-refractivity contribution is -0.0958. The van der Waals surface area contributed by atoms with Gasteiger partial charge in [0.15, 0.2) is 0 Å². The molecule has 16 heavy (non-hydrogen) atoms. The molecule has 0 aliphatic rings. The molecule has 0 fully saturated rings. The van der Waals surface area contributed by atoms with Crippen molar-refractivity contribution in [2.75, 3.05) is 0 Å². The summed E-state index contributed by atoms with van der Waals surface area (Å²) in [6.07, 6.45) is -4.03. The van der Waals surface area contributed by atoms with Gasteiger partial charge in [0.05, 0.1) is 0 Å². The number of rotatable bonds is 3. The Balaban J connectivity index is 3.11. The van der Waals surface area contributed by atoms with Gasteiger partial charge in [-0.2, -0.15) is 8.78 Å². The van der Waals surface area contributed by atoms with Crippen LogP contribution in [0.15, 0.2) is 18.2 Å². The molecule has 6 heteroatoms. The molecule has 0 aromatic heterocycles. The molecule has 0 saturated carbocycles. The van der Waals surface area contributed by atoms with Crippen molar-refractivity contribution in [2.45, 2.75) is 19.3 Å². The summed E-state index contributed by atoms with van der Waals surface area (Å²) in [6, 6.07) is 3.31. The molecule has 88 valence electrons. The Bertz CT molecular complexity index is 417. The van der Waals surface area contributed by atoms with Crippen LogP contribution in [0.25, 0.3) is 0 Å². The molecule has 0 heterocycles. The van der Waals surface area contributed by atoms with E-state index in [9.17, 15) is 22.4 Å². The predicted molar refractivity (Wildman–Crippen MR) is 51.5 cm³/mol. The largest absolute Gasteiger partial charge is 0.368 e. The Hall–Kier alpha value is -1.10. The number of carbonyl (C=O) groups is 1. The Morgan fingerprint density at radius 3 is 2.38 bits per heavy atom. The summed E-state index contributed by atoms with van der Waals surface area (Å²) < 4.78 is 49.3. The zero-order valence-corrected chi connectivity index (χ0v) is 8.86. The molecule has 0 amide bonds.